The Morgan fingerprint density at radius 1 is 1.25 bits per heavy atom. The van der Waals surface area contributed by atoms with Crippen LogP contribution in [0.1, 0.15) is 63.8 Å². The molecule has 2 fully saturated rings. The maximum atomic E-state index is 14.1. The number of nitrogens with zero attached hydrogens (tertiary/aromatic N) is 3. The summed E-state index contributed by atoms with van der Waals surface area (Å²) in [6.07, 6.45) is -0.853. The Morgan fingerprint density at radius 2 is 1.97 bits per heavy atom. The molecule has 0 aromatic carbocycles. The van der Waals surface area contributed by atoms with E-state index in [1.807, 2.05) is 0 Å². The number of methoxy groups -OCH3 is 1. The number of alkyl halides is 3. The minimum Gasteiger partial charge on any atom is -0.464 e. The van der Waals surface area contributed by atoms with Crippen LogP contribution in [-0.4, -0.2) is 47.0 Å². The molecule has 1 N–H and O–H groups in total. The molecule has 11 heteroatoms. The highest BCUT2D eigenvalue weighted by Crippen LogP contribution is 2.46. The number of carbonyl (C=O) groups excluding carboxylic acids is 2. The van der Waals surface area contributed by atoms with Crippen molar-refractivity contribution in [3.63, 3.8) is 0 Å². The van der Waals surface area contributed by atoms with Crippen molar-refractivity contribution in [2.45, 2.75) is 44.3 Å². The number of esters is 1. The van der Waals surface area contributed by atoms with E-state index < -0.39 is 29.3 Å². The molecular weight excluding hydrogens is 429 g/mol. The Morgan fingerprint density at radius 3 is 2.59 bits per heavy atom. The van der Waals surface area contributed by atoms with Crippen LogP contribution in [0.25, 0.3) is 0 Å². The van der Waals surface area contributed by atoms with E-state index in [0.717, 1.165) is 0 Å². The van der Waals surface area contributed by atoms with E-state index in [0.29, 0.717) is 38.9 Å². The number of amides is 1. The minimum absolute atomic E-state index is 0.0650. The van der Waals surface area contributed by atoms with E-state index in [-0.39, 0.29) is 35.5 Å². The molecule has 0 bridgehead atoms. The smallest absolute Gasteiger partial charge is 0.420 e. The molecule has 1 amide bonds. The second-order valence-corrected chi connectivity index (χ2v) is 7.99. The van der Waals surface area contributed by atoms with Gasteiger partial charge in [-0.2, -0.15) is 18.3 Å². The largest absolute Gasteiger partial charge is 0.464 e. The number of hydrogen-bond acceptors (Lipinski definition) is 6. The van der Waals surface area contributed by atoms with Crippen LogP contribution in [0.2, 0.25) is 0 Å². The highest BCUT2D eigenvalue weighted by Gasteiger charge is 2.46. The molecule has 1 aliphatic heterocycles. The lowest BCUT2D eigenvalue weighted by molar-refractivity contribution is -0.138. The molecule has 8 nitrogen and oxygen atoms in total. The van der Waals surface area contributed by atoms with Gasteiger partial charge in [0.05, 0.1) is 12.8 Å². The quantitative estimate of drug-likeness (QED) is 0.673. The zero-order chi connectivity index (χ0) is 22.9. The van der Waals surface area contributed by atoms with Gasteiger partial charge in [0, 0.05) is 37.6 Å². The van der Waals surface area contributed by atoms with Gasteiger partial charge >= 0.3 is 12.1 Å². The maximum Gasteiger partial charge on any atom is 0.420 e. The number of rotatable bonds is 6. The van der Waals surface area contributed by atoms with E-state index in [9.17, 15) is 22.8 Å². The summed E-state index contributed by atoms with van der Waals surface area (Å²) in [5.74, 6) is -1.89. The zero-order valence-electron chi connectivity index (χ0n) is 17.4. The number of halogens is 3. The molecule has 1 saturated carbocycles. The number of aromatic nitrogens is 3. The number of hydrogen-bond donors (Lipinski definition) is 1. The fourth-order valence-corrected chi connectivity index (χ4v) is 3.85. The summed E-state index contributed by atoms with van der Waals surface area (Å²) >= 11 is 0. The van der Waals surface area contributed by atoms with Crippen molar-refractivity contribution >= 4 is 17.6 Å². The van der Waals surface area contributed by atoms with Crippen molar-refractivity contribution in [1.29, 1.82) is 0 Å². The number of ether oxygens (including phenoxy) is 2. The molecule has 0 unspecified atom stereocenters. The van der Waals surface area contributed by atoms with Gasteiger partial charge in [-0.15, -0.1) is 0 Å². The van der Waals surface area contributed by atoms with Gasteiger partial charge in [0.1, 0.15) is 17.0 Å². The van der Waals surface area contributed by atoms with Gasteiger partial charge in [0.2, 0.25) is 0 Å². The second kappa shape index (κ2) is 8.89. The van der Waals surface area contributed by atoms with Gasteiger partial charge < -0.3 is 14.8 Å². The Balaban J connectivity index is 1.70. The normalized spacial score (nSPS) is 17.2. The van der Waals surface area contributed by atoms with Gasteiger partial charge in [-0.25, -0.2) is 9.78 Å². The van der Waals surface area contributed by atoms with Crippen molar-refractivity contribution in [1.82, 2.24) is 14.8 Å². The fourth-order valence-electron chi connectivity index (χ4n) is 3.85. The van der Waals surface area contributed by atoms with Gasteiger partial charge in [-0.05, 0) is 43.7 Å². The Hall–Kier alpha value is -2.95. The first kappa shape index (κ1) is 22.3. The summed E-state index contributed by atoms with van der Waals surface area (Å²) in [5, 5.41) is 6.73. The summed E-state index contributed by atoms with van der Waals surface area (Å²) in [4.78, 5) is 28.7. The lowest BCUT2D eigenvalue weighted by atomic mass is 10.0. The van der Waals surface area contributed by atoms with Crippen molar-refractivity contribution in [3.05, 3.63) is 41.0 Å². The predicted molar refractivity (Wildman–Crippen MR) is 106 cm³/mol. The van der Waals surface area contributed by atoms with Gasteiger partial charge in [0.15, 0.2) is 0 Å². The molecule has 1 saturated heterocycles. The molecule has 4 rings (SSSR count). The van der Waals surface area contributed by atoms with Crippen LogP contribution in [0.5, 0.6) is 0 Å². The summed E-state index contributed by atoms with van der Waals surface area (Å²) in [7, 11) is 1.18. The Kier molecular flexibility index (Phi) is 6.18. The first-order valence-electron chi connectivity index (χ1n) is 10.4. The van der Waals surface area contributed by atoms with Crippen LogP contribution in [0.15, 0.2) is 18.3 Å². The third-order valence-corrected chi connectivity index (χ3v) is 5.63. The van der Waals surface area contributed by atoms with E-state index in [1.54, 1.807) is 0 Å². The lowest BCUT2D eigenvalue weighted by Crippen LogP contribution is -2.26. The van der Waals surface area contributed by atoms with E-state index in [2.05, 4.69) is 20.1 Å². The standard InChI is InChI=1S/C21H23F3N4O4/c1-31-20(30)15-10-14(4-7-25-15)26-19(29)18-16(21(22,23)24)17(13-2-3-13)27-28(18)11-12-5-8-32-9-6-12/h4,7,10,12-13H,2-3,5-6,8-9,11H2,1H3,(H,25,26,29). The predicted octanol–water partition coefficient (Wildman–Crippen LogP) is 3.64. The number of pyridine rings is 1. The molecule has 0 atom stereocenters. The third kappa shape index (κ3) is 4.77. The van der Waals surface area contributed by atoms with Crippen molar-refractivity contribution in [2.75, 3.05) is 25.6 Å². The van der Waals surface area contributed by atoms with E-state index >= 15 is 0 Å². The van der Waals surface area contributed by atoms with Crippen molar-refractivity contribution in [3.8, 4) is 0 Å². The van der Waals surface area contributed by atoms with Gasteiger partial charge in [-0.3, -0.25) is 9.48 Å². The van der Waals surface area contributed by atoms with E-state index in [1.165, 1.54) is 30.1 Å². The highest BCUT2D eigenvalue weighted by molar-refractivity contribution is 6.05. The van der Waals surface area contributed by atoms with Crippen LogP contribution >= 0.6 is 0 Å². The summed E-state index contributed by atoms with van der Waals surface area (Å²) < 4.78 is 53.4. The molecule has 32 heavy (non-hydrogen) atoms. The molecule has 0 radical (unpaired) electrons. The summed E-state index contributed by atoms with van der Waals surface area (Å²) in [6, 6.07) is 2.64. The van der Waals surface area contributed by atoms with Crippen LogP contribution in [0.4, 0.5) is 18.9 Å². The lowest BCUT2D eigenvalue weighted by Gasteiger charge is -2.22. The minimum atomic E-state index is -4.73. The van der Waals surface area contributed by atoms with Crippen LogP contribution < -0.4 is 5.32 Å². The molecular formula is C21H23F3N4O4. The average molecular weight is 452 g/mol. The van der Waals surface area contributed by atoms with Crippen LogP contribution in [0, 0.1) is 5.92 Å². The van der Waals surface area contributed by atoms with Gasteiger partial charge in [0.25, 0.3) is 5.91 Å². The van der Waals surface area contributed by atoms with Crippen molar-refractivity contribution in [2.24, 2.45) is 5.92 Å². The molecule has 2 aliphatic rings. The molecule has 2 aromatic heterocycles. The SMILES string of the molecule is COC(=O)c1cc(NC(=O)c2c(C(F)(F)F)c(C3CC3)nn2CC2CCOCC2)ccn1. The third-order valence-electron chi connectivity index (χ3n) is 5.63. The first-order valence-corrected chi connectivity index (χ1v) is 10.4. The topological polar surface area (TPSA) is 95.3 Å². The molecule has 2 aromatic rings. The zero-order valence-corrected chi connectivity index (χ0v) is 17.4. The summed E-state index contributed by atoms with van der Waals surface area (Å²) in [5.41, 5.74) is -1.50. The molecule has 1 aliphatic carbocycles. The van der Waals surface area contributed by atoms with Crippen LogP contribution in [-0.2, 0) is 22.2 Å². The number of nitrogens with one attached hydrogen (secondary N) is 1. The molecule has 0 spiro atoms. The van der Waals surface area contributed by atoms with Crippen LogP contribution in [0.3, 0.4) is 0 Å². The summed E-state index contributed by atoms with van der Waals surface area (Å²) in [6.45, 7) is 1.26. The Labute approximate surface area is 182 Å². The highest BCUT2D eigenvalue weighted by atomic mass is 19.4. The van der Waals surface area contributed by atoms with E-state index in [4.69, 9.17) is 4.74 Å². The van der Waals surface area contributed by atoms with Crippen molar-refractivity contribution < 1.29 is 32.2 Å². The number of anilines is 1. The van der Waals surface area contributed by atoms with Gasteiger partial charge in [-0.1, -0.05) is 0 Å². The number of carbonyl (C=O) groups is 2. The maximum absolute atomic E-state index is 14.1. The fraction of sp³-hybridized carbons (Fsp3) is 0.524. The monoisotopic (exact) mass is 452 g/mol. The second-order valence-electron chi connectivity index (χ2n) is 7.99. The first-order chi connectivity index (χ1) is 15.3. The molecule has 172 valence electrons. The molecule has 3 heterocycles. The average Bonchev–Trinajstić information content (AvgIpc) is 3.54. The Bertz CT molecular complexity index is 1010.